The van der Waals surface area contributed by atoms with E-state index in [0.29, 0.717) is 0 Å². The van der Waals surface area contributed by atoms with E-state index in [1.165, 1.54) is 16.7 Å². The Balaban J connectivity index is 0. The molecule has 76 valence electrons. The van der Waals surface area contributed by atoms with Gasteiger partial charge in [0.25, 0.3) is 0 Å². The quantitative estimate of drug-likeness (QED) is 0.634. The van der Waals surface area contributed by atoms with Crippen molar-refractivity contribution in [2.24, 2.45) is 0 Å². The lowest BCUT2D eigenvalue weighted by Gasteiger charge is -2.04. The average molecular weight is 201 g/mol. The first kappa shape index (κ1) is 15.0. The monoisotopic (exact) mass is 200 g/mol. The molecule has 0 bridgehead atoms. The Kier molecular flexibility index (Phi) is 9.38. The van der Waals surface area contributed by atoms with E-state index in [0.717, 1.165) is 6.42 Å². The lowest BCUT2D eigenvalue weighted by molar-refractivity contribution is 1.08. The van der Waals surface area contributed by atoms with Gasteiger partial charge in [-0.2, -0.15) is 0 Å². The second kappa shape index (κ2) is 8.12. The van der Waals surface area contributed by atoms with Gasteiger partial charge in [0.15, 0.2) is 0 Å². The Bertz CT molecular complexity index is 208. The molecular weight excluding hydrogens is 180 g/mol. The first-order chi connectivity index (χ1) is 5.75. The van der Waals surface area contributed by atoms with Crippen molar-refractivity contribution in [2.75, 3.05) is 0 Å². The van der Waals surface area contributed by atoms with Crippen LogP contribution < -0.4 is 0 Å². The summed E-state index contributed by atoms with van der Waals surface area (Å²) in [4.78, 5) is 0. The molecule has 0 N–H and O–H groups in total. The first-order valence-electron chi connectivity index (χ1n) is 4.80. The second-order valence-corrected chi connectivity index (χ2v) is 2.72. The minimum absolute atomic E-state index is 0. The maximum Gasteiger partial charge on any atom is -0.0302 e. The molecule has 0 aromatic heterocycles. The molecule has 0 aliphatic carbocycles. The van der Waals surface area contributed by atoms with E-state index in [4.69, 9.17) is 0 Å². The molecule has 0 aliphatic rings. The van der Waals surface area contributed by atoms with Gasteiger partial charge < -0.3 is 0 Å². The summed E-state index contributed by atoms with van der Waals surface area (Å²) in [6.45, 7) is 10.5. The Hall–Kier alpha value is -0.490. The summed E-state index contributed by atoms with van der Waals surface area (Å²) in [7, 11) is 0. The van der Waals surface area contributed by atoms with Crippen LogP contribution in [0, 0.1) is 13.8 Å². The van der Waals surface area contributed by atoms with Crippen molar-refractivity contribution in [1.29, 1.82) is 0 Å². The highest BCUT2D eigenvalue weighted by atomic mass is 35.5. The standard InChI is InChI=1S/C10H14.C2H6.ClH/c1-4-10-8(2)6-5-7-9(10)3;1-2;/h5-7H,4H2,1-3H3;1-2H3;1H. The van der Waals surface area contributed by atoms with Gasteiger partial charge in [0.05, 0.1) is 0 Å². The summed E-state index contributed by atoms with van der Waals surface area (Å²) in [5, 5.41) is 0. The van der Waals surface area contributed by atoms with Gasteiger partial charge in [-0.1, -0.05) is 39.0 Å². The fraction of sp³-hybridized carbons (Fsp3) is 0.500. The van der Waals surface area contributed by atoms with Crippen LogP contribution in [0.2, 0.25) is 0 Å². The highest BCUT2D eigenvalue weighted by Gasteiger charge is 1.96. The lowest BCUT2D eigenvalue weighted by atomic mass is 10.0. The third kappa shape index (κ3) is 4.33. The fourth-order valence-electron chi connectivity index (χ4n) is 1.41. The number of benzene rings is 1. The van der Waals surface area contributed by atoms with E-state index >= 15 is 0 Å². The third-order valence-electron chi connectivity index (χ3n) is 2.00. The van der Waals surface area contributed by atoms with Crippen LogP contribution >= 0.6 is 12.4 Å². The Morgan fingerprint density at radius 3 is 1.62 bits per heavy atom. The van der Waals surface area contributed by atoms with Crippen LogP contribution in [0.4, 0.5) is 0 Å². The molecule has 0 heterocycles. The molecule has 0 nitrogen and oxygen atoms in total. The molecule has 1 aromatic carbocycles. The SMILES string of the molecule is CC.CCc1c(C)cccc1C.Cl. The zero-order valence-corrected chi connectivity index (χ0v) is 10.2. The van der Waals surface area contributed by atoms with Crippen molar-refractivity contribution in [3.05, 3.63) is 34.9 Å². The second-order valence-electron chi connectivity index (χ2n) is 2.72. The first-order valence-corrected chi connectivity index (χ1v) is 4.80. The minimum Gasteiger partial charge on any atom is -0.147 e. The molecule has 0 spiro atoms. The molecule has 0 atom stereocenters. The van der Waals surface area contributed by atoms with E-state index in [-0.39, 0.29) is 12.4 Å². The number of hydrogen-bond acceptors (Lipinski definition) is 0. The molecule has 13 heavy (non-hydrogen) atoms. The molecule has 1 rings (SSSR count). The van der Waals surface area contributed by atoms with E-state index in [2.05, 4.69) is 39.0 Å². The number of aryl methyl sites for hydroxylation is 2. The molecule has 0 unspecified atom stereocenters. The maximum atomic E-state index is 2.20. The van der Waals surface area contributed by atoms with Gasteiger partial charge in [-0.3, -0.25) is 0 Å². The van der Waals surface area contributed by atoms with Crippen LogP contribution in [0.25, 0.3) is 0 Å². The van der Waals surface area contributed by atoms with Crippen molar-refractivity contribution in [3.63, 3.8) is 0 Å². The predicted molar refractivity (Wildman–Crippen MR) is 63.9 cm³/mol. The zero-order valence-electron chi connectivity index (χ0n) is 9.35. The molecule has 0 saturated heterocycles. The van der Waals surface area contributed by atoms with Gasteiger partial charge in [0.1, 0.15) is 0 Å². The summed E-state index contributed by atoms with van der Waals surface area (Å²) in [5.41, 5.74) is 4.34. The van der Waals surface area contributed by atoms with E-state index in [1.54, 1.807) is 0 Å². The van der Waals surface area contributed by atoms with E-state index in [1.807, 2.05) is 13.8 Å². The Morgan fingerprint density at radius 1 is 1.00 bits per heavy atom. The number of rotatable bonds is 1. The molecule has 0 aliphatic heterocycles. The molecule has 0 fully saturated rings. The van der Waals surface area contributed by atoms with Crippen LogP contribution in [0.3, 0.4) is 0 Å². The lowest BCUT2D eigenvalue weighted by Crippen LogP contribution is -1.89. The van der Waals surface area contributed by atoms with Crippen molar-refractivity contribution < 1.29 is 0 Å². The Labute approximate surface area is 88.8 Å². The normalized spacial score (nSPS) is 8.08. The van der Waals surface area contributed by atoms with E-state index in [9.17, 15) is 0 Å². The smallest absolute Gasteiger partial charge is 0.0302 e. The summed E-state index contributed by atoms with van der Waals surface area (Å²) < 4.78 is 0. The molecule has 0 amide bonds. The molecule has 1 heteroatoms. The van der Waals surface area contributed by atoms with Gasteiger partial charge >= 0.3 is 0 Å². The summed E-state index contributed by atoms with van der Waals surface area (Å²) in [6.07, 6.45) is 1.15. The molecular formula is C12H21Cl. The van der Waals surface area contributed by atoms with Crippen LogP contribution in [-0.2, 0) is 6.42 Å². The van der Waals surface area contributed by atoms with Crippen molar-refractivity contribution in [3.8, 4) is 0 Å². The molecule has 0 radical (unpaired) electrons. The third-order valence-corrected chi connectivity index (χ3v) is 2.00. The van der Waals surface area contributed by atoms with Crippen LogP contribution in [0.5, 0.6) is 0 Å². The number of hydrogen-bond donors (Lipinski definition) is 0. The summed E-state index contributed by atoms with van der Waals surface area (Å²) >= 11 is 0. The zero-order chi connectivity index (χ0) is 9.56. The fourth-order valence-corrected chi connectivity index (χ4v) is 1.41. The largest absolute Gasteiger partial charge is 0.147 e. The van der Waals surface area contributed by atoms with Crippen LogP contribution in [0.15, 0.2) is 18.2 Å². The average Bonchev–Trinajstić information content (AvgIpc) is 2.08. The van der Waals surface area contributed by atoms with Crippen LogP contribution in [0.1, 0.15) is 37.5 Å². The molecule has 1 aromatic rings. The van der Waals surface area contributed by atoms with Crippen molar-refractivity contribution >= 4 is 12.4 Å². The minimum atomic E-state index is 0. The maximum absolute atomic E-state index is 2.20. The van der Waals surface area contributed by atoms with Crippen molar-refractivity contribution in [2.45, 2.75) is 41.0 Å². The van der Waals surface area contributed by atoms with Gasteiger partial charge in [-0.05, 0) is 37.0 Å². The van der Waals surface area contributed by atoms with Gasteiger partial charge in [-0.25, -0.2) is 0 Å². The predicted octanol–water partition coefficient (Wildman–Crippen LogP) is 4.31. The Morgan fingerprint density at radius 2 is 1.38 bits per heavy atom. The van der Waals surface area contributed by atoms with Gasteiger partial charge in [0.2, 0.25) is 0 Å². The van der Waals surface area contributed by atoms with Gasteiger partial charge in [0, 0.05) is 0 Å². The highest BCUT2D eigenvalue weighted by molar-refractivity contribution is 5.85. The van der Waals surface area contributed by atoms with Gasteiger partial charge in [-0.15, -0.1) is 12.4 Å². The topological polar surface area (TPSA) is 0 Å². The highest BCUT2D eigenvalue weighted by Crippen LogP contribution is 2.12. The molecule has 0 saturated carbocycles. The summed E-state index contributed by atoms with van der Waals surface area (Å²) in [6, 6.07) is 6.46. The summed E-state index contributed by atoms with van der Waals surface area (Å²) in [5.74, 6) is 0. The van der Waals surface area contributed by atoms with E-state index < -0.39 is 0 Å². The number of halogens is 1. The van der Waals surface area contributed by atoms with Crippen LogP contribution in [-0.4, -0.2) is 0 Å². The van der Waals surface area contributed by atoms with Crippen molar-refractivity contribution in [1.82, 2.24) is 0 Å².